The third-order valence-corrected chi connectivity index (χ3v) is 8.47. The maximum atomic E-state index is 14.4. The van der Waals surface area contributed by atoms with Crippen molar-refractivity contribution >= 4 is 41.0 Å². The molecule has 3 aromatic heterocycles. The number of benzene rings is 2. The van der Waals surface area contributed by atoms with Gasteiger partial charge >= 0.3 is 24.3 Å². The monoisotopic (exact) mass is 855 g/mol. The van der Waals surface area contributed by atoms with Crippen LogP contribution in [0.2, 0.25) is 5.02 Å². The van der Waals surface area contributed by atoms with E-state index in [0.717, 1.165) is 0 Å². The summed E-state index contributed by atoms with van der Waals surface area (Å²) in [6.07, 6.45) is -3.98. The van der Waals surface area contributed by atoms with E-state index < -0.39 is 36.2 Å². The van der Waals surface area contributed by atoms with Crippen LogP contribution in [0.25, 0.3) is 28.1 Å². The van der Waals surface area contributed by atoms with Crippen LogP contribution in [-0.2, 0) is 14.4 Å². The maximum absolute atomic E-state index is 14.4. The molecule has 1 aliphatic heterocycles. The number of carboxylic acid groups (broad SMARTS) is 2. The Balaban J connectivity index is 0.000000471. The van der Waals surface area contributed by atoms with Crippen molar-refractivity contribution < 1.29 is 60.5 Å². The number of amides is 1. The van der Waals surface area contributed by atoms with E-state index in [2.05, 4.69) is 25.6 Å². The van der Waals surface area contributed by atoms with E-state index >= 15 is 0 Å². The van der Waals surface area contributed by atoms with Gasteiger partial charge in [0.25, 0.3) is 5.56 Å². The molecule has 1 aliphatic rings. The van der Waals surface area contributed by atoms with E-state index in [1.54, 1.807) is 48.1 Å². The molecule has 24 heteroatoms. The van der Waals surface area contributed by atoms with Gasteiger partial charge < -0.3 is 15.5 Å². The Hall–Kier alpha value is -6.75. The number of anilines is 1. The molecule has 59 heavy (non-hydrogen) atoms. The van der Waals surface area contributed by atoms with Gasteiger partial charge in [-0.15, -0.1) is 5.10 Å². The number of amidine groups is 1. The normalized spacial score (nSPS) is 15.3. The molecular formula is C35H29ClF7N9O7. The SMILES string of the molecule is C[C@@H]1CCC[C@H](n2cnc(-c3cc(Cl)ccc3-n3cc(C(=N)NO)nn3)cc2=O)c2cc(ccn2)-c2cc(F)ccc2NC1=O.O=C(O)C(F)(F)F.O=C(O)C(F)(F)F. The van der Waals surface area contributed by atoms with Gasteiger partial charge in [0.2, 0.25) is 5.91 Å². The van der Waals surface area contributed by atoms with Crippen LogP contribution in [0.3, 0.4) is 0 Å². The Labute approximate surface area is 331 Å². The first-order valence-electron chi connectivity index (χ1n) is 16.6. The molecule has 6 rings (SSSR count). The van der Waals surface area contributed by atoms with Gasteiger partial charge in [0.1, 0.15) is 11.5 Å². The molecule has 0 fully saturated rings. The first-order chi connectivity index (χ1) is 27.6. The van der Waals surface area contributed by atoms with E-state index in [9.17, 15) is 40.3 Å². The molecule has 1 amide bonds. The van der Waals surface area contributed by atoms with Gasteiger partial charge in [0.05, 0.1) is 35.6 Å². The van der Waals surface area contributed by atoms with E-state index in [1.165, 1.54) is 40.0 Å². The number of carbonyl (C=O) groups is 3. The molecule has 2 bridgehead atoms. The fourth-order valence-corrected chi connectivity index (χ4v) is 5.53. The number of rotatable bonds is 4. The van der Waals surface area contributed by atoms with E-state index in [0.29, 0.717) is 63.7 Å². The van der Waals surface area contributed by atoms with Gasteiger partial charge in [0.15, 0.2) is 5.84 Å². The lowest BCUT2D eigenvalue weighted by atomic mass is 9.95. The molecule has 4 heterocycles. The molecule has 6 N–H and O–H groups in total. The second kappa shape index (κ2) is 18.7. The molecule has 0 saturated heterocycles. The number of carboxylic acids is 2. The van der Waals surface area contributed by atoms with Crippen LogP contribution in [0.5, 0.6) is 0 Å². The third-order valence-electron chi connectivity index (χ3n) is 8.23. The molecule has 0 aliphatic carbocycles. The zero-order valence-corrected chi connectivity index (χ0v) is 30.6. The fraction of sp³-hybridized carbons (Fsp3) is 0.229. The maximum Gasteiger partial charge on any atom is 0.490 e. The molecule has 2 atom stereocenters. The minimum Gasteiger partial charge on any atom is -0.475 e. The number of hydrogen-bond acceptors (Lipinski definition) is 10. The molecule has 312 valence electrons. The highest BCUT2D eigenvalue weighted by Crippen LogP contribution is 2.34. The number of aromatic nitrogens is 6. The highest BCUT2D eigenvalue weighted by atomic mass is 35.5. The smallest absolute Gasteiger partial charge is 0.475 e. The minimum atomic E-state index is -5.08. The van der Waals surface area contributed by atoms with E-state index in [4.69, 9.17) is 42.0 Å². The van der Waals surface area contributed by atoms with Gasteiger partial charge in [-0.1, -0.05) is 30.2 Å². The van der Waals surface area contributed by atoms with Gasteiger partial charge in [-0.3, -0.25) is 35.2 Å². The van der Waals surface area contributed by atoms with Crippen LogP contribution in [0, 0.1) is 17.1 Å². The highest BCUT2D eigenvalue weighted by Gasteiger charge is 2.39. The van der Waals surface area contributed by atoms with Crippen molar-refractivity contribution in [2.24, 2.45) is 5.92 Å². The lowest BCUT2D eigenvalue weighted by molar-refractivity contribution is -0.193. The number of nitrogens with zero attached hydrogens (tertiary/aromatic N) is 6. The Morgan fingerprint density at radius 2 is 1.59 bits per heavy atom. The summed E-state index contributed by atoms with van der Waals surface area (Å²) < 4.78 is 80.7. The highest BCUT2D eigenvalue weighted by molar-refractivity contribution is 6.31. The van der Waals surface area contributed by atoms with Crippen LogP contribution in [0.4, 0.5) is 36.4 Å². The largest absolute Gasteiger partial charge is 0.490 e. The molecule has 0 spiro atoms. The summed E-state index contributed by atoms with van der Waals surface area (Å²) >= 11 is 6.32. The van der Waals surface area contributed by atoms with Crippen molar-refractivity contribution in [1.82, 2.24) is 35.0 Å². The number of pyridine rings is 1. The molecule has 2 aromatic carbocycles. The zero-order valence-electron chi connectivity index (χ0n) is 29.9. The first-order valence-corrected chi connectivity index (χ1v) is 16.9. The number of alkyl halides is 6. The summed E-state index contributed by atoms with van der Waals surface area (Å²) in [5.41, 5.74) is 5.02. The number of halogens is 8. The summed E-state index contributed by atoms with van der Waals surface area (Å²) in [6, 6.07) is 13.6. The zero-order chi connectivity index (χ0) is 43.8. The number of hydroxylamine groups is 1. The topological polar surface area (TPSA) is 238 Å². The standard InChI is InChI=1S/C31H27ClFN9O3.2C2HF3O2/c1-17-3-2-4-28(25-11-18(9-10-35-25)21-13-20(33)6-7-23(21)37-31(17)44)41-16-36-24(14-29(41)43)22-12-19(32)5-8-27(22)42-15-26(38-40-42)30(34)39-45;2*3-2(4,5)1(6)7/h5-17,28,45H,2-4H2,1H3,(H2,34,39)(H,37,44);2*(H,6,7)/t17-,28+;;/m1../s1. The Morgan fingerprint density at radius 1 is 0.932 bits per heavy atom. The van der Waals surface area contributed by atoms with Gasteiger partial charge in [-0.05, 0) is 66.9 Å². The average molecular weight is 856 g/mol. The van der Waals surface area contributed by atoms with Gasteiger partial charge in [-0.25, -0.2) is 23.6 Å². The second-order valence-corrected chi connectivity index (χ2v) is 12.8. The number of hydrogen-bond donors (Lipinski definition) is 6. The van der Waals surface area contributed by atoms with E-state index in [-0.39, 0.29) is 28.9 Å². The molecular weight excluding hydrogens is 827 g/mol. The molecule has 16 nitrogen and oxygen atoms in total. The number of nitrogens with one attached hydrogen (secondary N) is 3. The summed E-state index contributed by atoms with van der Waals surface area (Å²) in [4.78, 5) is 53.7. The lowest BCUT2D eigenvalue weighted by Crippen LogP contribution is -2.27. The van der Waals surface area contributed by atoms with Gasteiger partial charge in [-0.2, -0.15) is 26.3 Å². The molecule has 0 radical (unpaired) electrons. The van der Waals surface area contributed by atoms with E-state index in [1.807, 2.05) is 6.92 Å². The molecule has 0 unspecified atom stereocenters. The average Bonchev–Trinajstić information content (AvgIpc) is 3.67. The van der Waals surface area contributed by atoms with Crippen LogP contribution in [0.1, 0.15) is 43.6 Å². The van der Waals surface area contributed by atoms with Crippen molar-refractivity contribution in [2.45, 2.75) is 44.6 Å². The Bertz CT molecular complexity index is 2400. The van der Waals surface area contributed by atoms with Crippen LogP contribution < -0.4 is 16.4 Å². The van der Waals surface area contributed by atoms with Crippen molar-refractivity contribution in [2.75, 3.05) is 5.32 Å². The van der Waals surface area contributed by atoms with Crippen LogP contribution in [0.15, 0.2) is 78.1 Å². The third kappa shape index (κ3) is 11.7. The predicted molar refractivity (Wildman–Crippen MR) is 192 cm³/mol. The summed E-state index contributed by atoms with van der Waals surface area (Å²) in [7, 11) is 0. The number of carbonyl (C=O) groups excluding carboxylic acids is 1. The molecule has 5 aromatic rings. The van der Waals surface area contributed by atoms with Crippen LogP contribution in [-0.4, -0.2) is 81.0 Å². The van der Waals surface area contributed by atoms with Crippen molar-refractivity contribution in [3.05, 3.63) is 106 Å². The van der Waals surface area contributed by atoms with Gasteiger partial charge in [0, 0.05) is 40.0 Å². The quantitative estimate of drug-likeness (QED) is 0.0508. The Kier molecular flexibility index (Phi) is 14.2. The van der Waals surface area contributed by atoms with Crippen molar-refractivity contribution in [3.63, 3.8) is 0 Å². The lowest BCUT2D eigenvalue weighted by Gasteiger charge is -2.23. The Morgan fingerprint density at radius 3 is 2.20 bits per heavy atom. The fourth-order valence-electron chi connectivity index (χ4n) is 5.35. The van der Waals surface area contributed by atoms with Crippen molar-refractivity contribution in [1.29, 1.82) is 5.41 Å². The number of fused-ring (bicyclic) bond motifs is 4. The van der Waals surface area contributed by atoms with Crippen LogP contribution >= 0.6 is 11.6 Å². The summed E-state index contributed by atoms with van der Waals surface area (Å²) in [5.74, 6) is -6.78. The first kappa shape index (κ1) is 45.0. The molecule has 0 saturated carbocycles. The summed E-state index contributed by atoms with van der Waals surface area (Å²) in [6.45, 7) is 1.84. The minimum absolute atomic E-state index is 0.0937. The van der Waals surface area contributed by atoms with Crippen molar-refractivity contribution in [3.8, 4) is 28.1 Å². The number of aliphatic carboxylic acids is 2. The predicted octanol–water partition coefficient (Wildman–Crippen LogP) is 6.26. The second-order valence-electron chi connectivity index (χ2n) is 12.3. The summed E-state index contributed by atoms with van der Waals surface area (Å²) in [5, 5.41) is 42.3.